The highest BCUT2D eigenvalue weighted by atomic mass is 32.2. The van der Waals surface area contributed by atoms with Crippen LogP contribution in [0.2, 0.25) is 0 Å². The van der Waals surface area contributed by atoms with Crippen molar-refractivity contribution in [1.29, 1.82) is 0 Å². The number of hydrogen-bond donors (Lipinski definition) is 3. The summed E-state index contributed by atoms with van der Waals surface area (Å²) in [5.41, 5.74) is 2.02. The number of hydrogen-bond acceptors (Lipinski definition) is 6. The molecule has 0 atom stereocenters. The summed E-state index contributed by atoms with van der Waals surface area (Å²) < 4.78 is 33.0. The van der Waals surface area contributed by atoms with Crippen LogP contribution in [0.1, 0.15) is 33.6 Å². The molecule has 3 N–H and O–H groups in total. The quantitative estimate of drug-likeness (QED) is 0.191. The fourth-order valence-electron chi connectivity index (χ4n) is 3.48. The van der Waals surface area contributed by atoms with E-state index >= 15 is 0 Å². The first-order valence-electron chi connectivity index (χ1n) is 12.7. The first-order valence-corrected chi connectivity index (χ1v) is 15.1. The van der Waals surface area contributed by atoms with Gasteiger partial charge < -0.3 is 10.1 Å². The van der Waals surface area contributed by atoms with E-state index in [1.807, 2.05) is 42.5 Å². The molecule has 0 fully saturated rings. The minimum atomic E-state index is -3.59. The average Bonchev–Trinajstić information content (AvgIpc) is 2.90. The molecule has 0 bridgehead atoms. The number of nitrogens with one attached hydrogen (secondary N) is 3. The summed E-state index contributed by atoms with van der Waals surface area (Å²) in [5.74, 6) is 0.153. The summed E-state index contributed by atoms with van der Waals surface area (Å²) in [5, 5.41) is 5.52. The Balaban J connectivity index is 1.30. The molecule has 39 heavy (non-hydrogen) atoms. The van der Waals surface area contributed by atoms with Crippen LogP contribution >= 0.6 is 11.8 Å². The molecule has 0 aliphatic rings. The summed E-state index contributed by atoms with van der Waals surface area (Å²) in [7, 11) is -3.59. The molecule has 10 heteroatoms. The maximum Gasteiger partial charge on any atom is 0.412 e. The molecule has 208 valence electrons. The first-order chi connectivity index (χ1) is 18.5. The summed E-state index contributed by atoms with van der Waals surface area (Å²) in [4.78, 5) is 25.1. The predicted molar refractivity (Wildman–Crippen MR) is 156 cm³/mol. The van der Waals surface area contributed by atoms with E-state index in [4.69, 9.17) is 4.74 Å². The van der Waals surface area contributed by atoms with E-state index in [1.54, 1.807) is 57.2 Å². The summed E-state index contributed by atoms with van der Waals surface area (Å²) in [6.07, 6.45) is 0.727. The molecule has 2 amide bonds. The zero-order valence-corrected chi connectivity index (χ0v) is 24.0. The molecule has 0 saturated heterocycles. The van der Waals surface area contributed by atoms with E-state index in [9.17, 15) is 18.0 Å². The van der Waals surface area contributed by atoms with Crippen molar-refractivity contribution >= 4 is 39.5 Å². The molecule has 0 saturated carbocycles. The number of thioether (sulfide) groups is 1. The van der Waals surface area contributed by atoms with Crippen molar-refractivity contribution in [3.63, 3.8) is 0 Å². The molecular formula is C29H35N3O5S2. The van der Waals surface area contributed by atoms with Gasteiger partial charge in [-0.2, -0.15) is 0 Å². The average molecular weight is 570 g/mol. The summed E-state index contributed by atoms with van der Waals surface area (Å²) >= 11 is 1.39. The Kier molecular flexibility index (Phi) is 11.0. The Labute approximate surface area is 235 Å². The normalized spacial score (nSPS) is 11.6. The van der Waals surface area contributed by atoms with Crippen molar-refractivity contribution in [1.82, 2.24) is 10.0 Å². The SMILES string of the molecule is CC(C)(C)OC(=O)Nc1ccc(SCC(=O)NCCCCNS(=O)(=O)c2ccc(-c3ccccc3)cc2)cc1. The fraction of sp³-hybridized carbons (Fsp3) is 0.310. The Morgan fingerprint density at radius 1 is 0.821 bits per heavy atom. The Morgan fingerprint density at radius 3 is 2.08 bits per heavy atom. The van der Waals surface area contributed by atoms with Crippen molar-refractivity contribution in [3.8, 4) is 11.1 Å². The summed E-state index contributed by atoms with van der Waals surface area (Å²) in [6.45, 7) is 6.15. The molecule has 0 heterocycles. The van der Waals surface area contributed by atoms with Crippen LogP contribution in [-0.2, 0) is 19.6 Å². The maximum absolute atomic E-state index is 12.6. The molecule has 0 aliphatic carbocycles. The van der Waals surface area contributed by atoms with Crippen LogP contribution in [0.4, 0.5) is 10.5 Å². The third-order valence-corrected chi connectivity index (χ3v) is 7.85. The van der Waals surface area contributed by atoms with Crippen molar-refractivity contribution in [3.05, 3.63) is 78.9 Å². The molecule has 0 aromatic heterocycles. The minimum absolute atomic E-state index is 0.102. The van der Waals surface area contributed by atoms with Crippen LogP contribution in [0.3, 0.4) is 0 Å². The van der Waals surface area contributed by atoms with Gasteiger partial charge in [0.2, 0.25) is 15.9 Å². The van der Waals surface area contributed by atoms with Gasteiger partial charge in [-0.3, -0.25) is 10.1 Å². The van der Waals surface area contributed by atoms with Gasteiger partial charge in [-0.25, -0.2) is 17.9 Å². The number of unbranched alkanes of at least 4 members (excludes halogenated alkanes) is 1. The van der Waals surface area contributed by atoms with Gasteiger partial charge in [0.05, 0.1) is 10.6 Å². The molecule has 3 aromatic carbocycles. The largest absolute Gasteiger partial charge is 0.444 e. The van der Waals surface area contributed by atoms with E-state index in [0.29, 0.717) is 25.1 Å². The first kappa shape index (κ1) is 30.2. The second kappa shape index (κ2) is 14.2. The van der Waals surface area contributed by atoms with Crippen LogP contribution in [-0.4, -0.2) is 44.9 Å². The van der Waals surface area contributed by atoms with Gasteiger partial charge in [-0.05, 0) is 81.1 Å². The minimum Gasteiger partial charge on any atom is -0.444 e. The molecule has 8 nitrogen and oxygen atoms in total. The second-order valence-corrected chi connectivity index (χ2v) is 12.6. The van der Waals surface area contributed by atoms with Gasteiger partial charge in [-0.1, -0.05) is 42.5 Å². The number of anilines is 1. The third kappa shape index (κ3) is 10.7. The molecule has 3 rings (SSSR count). The van der Waals surface area contributed by atoms with Crippen molar-refractivity contribution in [2.24, 2.45) is 0 Å². The molecular weight excluding hydrogens is 534 g/mol. The van der Waals surface area contributed by atoms with Crippen LogP contribution in [0, 0.1) is 0 Å². The molecule has 0 spiro atoms. The van der Waals surface area contributed by atoms with Crippen molar-refractivity contribution in [2.75, 3.05) is 24.2 Å². The van der Waals surface area contributed by atoms with Crippen LogP contribution in [0.25, 0.3) is 11.1 Å². The zero-order valence-electron chi connectivity index (χ0n) is 22.4. The number of rotatable bonds is 12. The highest BCUT2D eigenvalue weighted by Gasteiger charge is 2.16. The lowest BCUT2D eigenvalue weighted by atomic mass is 10.1. The Bertz CT molecular complexity index is 1320. The second-order valence-electron chi connectivity index (χ2n) is 9.79. The van der Waals surface area contributed by atoms with Crippen LogP contribution in [0.5, 0.6) is 0 Å². The van der Waals surface area contributed by atoms with Gasteiger partial charge in [0, 0.05) is 23.7 Å². The molecule has 3 aromatic rings. The third-order valence-electron chi connectivity index (χ3n) is 5.36. The van der Waals surface area contributed by atoms with Crippen LogP contribution in [0.15, 0.2) is 88.7 Å². The fourth-order valence-corrected chi connectivity index (χ4v) is 5.28. The number of ether oxygens (including phenoxy) is 1. The highest BCUT2D eigenvalue weighted by Crippen LogP contribution is 2.22. The van der Waals surface area contributed by atoms with Gasteiger partial charge in [0.1, 0.15) is 5.60 Å². The lowest BCUT2D eigenvalue weighted by Crippen LogP contribution is -2.28. The number of carbonyl (C=O) groups is 2. The van der Waals surface area contributed by atoms with Crippen LogP contribution < -0.4 is 15.4 Å². The monoisotopic (exact) mass is 569 g/mol. The van der Waals surface area contributed by atoms with Gasteiger partial charge in [-0.15, -0.1) is 11.8 Å². The van der Waals surface area contributed by atoms with E-state index in [1.165, 1.54) is 11.8 Å². The molecule has 0 unspecified atom stereocenters. The standard InChI is InChI=1S/C29H35N3O5S2/c1-29(2,3)37-28(34)32-24-13-15-25(16-14-24)38-21-27(33)30-19-7-8-20-31-39(35,36)26-17-11-23(12-18-26)22-9-5-4-6-10-22/h4-6,9-18,31H,7-8,19-21H2,1-3H3,(H,30,33)(H,32,34). The van der Waals surface area contributed by atoms with Gasteiger partial charge in [0.15, 0.2) is 0 Å². The highest BCUT2D eigenvalue weighted by molar-refractivity contribution is 8.00. The topological polar surface area (TPSA) is 114 Å². The predicted octanol–water partition coefficient (Wildman–Crippen LogP) is 5.67. The Morgan fingerprint density at radius 2 is 1.44 bits per heavy atom. The van der Waals surface area contributed by atoms with Crippen molar-refractivity contribution in [2.45, 2.75) is 49.0 Å². The van der Waals surface area contributed by atoms with E-state index in [0.717, 1.165) is 16.0 Å². The maximum atomic E-state index is 12.6. The van der Waals surface area contributed by atoms with E-state index in [2.05, 4.69) is 15.4 Å². The number of sulfonamides is 1. The lowest BCUT2D eigenvalue weighted by molar-refractivity contribution is -0.118. The number of carbonyl (C=O) groups excluding carboxylic acids is 2. The van der Waals surface area contributed by atoms with E-state index in [-0.39, 0.29) is 23.1 Å². The lowest BCUT2D eigenvalue weighted by Gasteiger charge is -2.19. The molecule has 0 aliphatic heterocycles. The Hall–Kier alpha value is -3.34. The smallest absolute Gasteiger partial charge is 0.412 e. The van der Waals surface area contributed by atoms with Gasteiger partial charge >= 0.3 is 6.09 Å². The zero-order chi connectivity index (χ0) is 28.3. The number of amides is 2. The molecule has 0 radical (unpaired) electrons. The summed E-state index contributed by atoms with van der Waals surface area (Å²) in [6, 6.07) is 23.7. The number of benzene rings is 3. The van der Waals surface area contributed by atoms with Crippen molar-refractivity contribution < 1.29 is 22.7 Å². The van der Waals surface area contributed by atoms with E-state index < -0.39 is 21.7 Å². The van der Waals surface area contributed by atoms with Gasteiger partial charge in [0.25, 0.3) is 0 Å².